The Labute approximate surface area is 127 Å². The number of carboxylic acids is 1. The molecule has 0 bridgehead atoms. The summed E-state index contributed by atoms with van der Waals surface area (Å²) in [7, 11) is 0. The van der Waals surface area contributed by atoms with Gasteiger partial charge in [0.15, 0.2) is 0 Å². The van der Waals surface area contributed by atoms with Crippen molar-refractivity contribution in [3.63, 3.8) is 0 Å². The van der Waals surface area contributed by atoms with Crippen molar-refractivity contribution in [1.82, 2.24) is 15.5 Å². The Morgan fingerprint density at radius 2 is 1.95 bits per heavy atom. The summed E-state index contributed by atoms with van der Waals surface area (Å²) < 4.78 is 0. The van der Waals surface area contributed by atoms with Crippen molar-refractivity contribution in [3.05, 3.63) is 0 Å². The second kappa shape index (κ2) is 8.87. The zero-order valence-corrected chi connectivity index (χ0v) is 13.4. The number of carbonyl (C=O) groups is 2. The summed E-state index contributed by atoms with van der Waals surface area (Å²) >= 11 is 0. The number of piperidine rings is 1. The van der Waals surface area contributed by atoms with Crippen molar-refractivity contribution in [2.75, 3.05) is 19.6 Å². The number of amides is 2. The van der Waals surface area contributed by atoms with Crippen LogP contribution in [0.15, 0.2) is 0 Å². The van der Waals surface area contributed by atoms with Gasteiger partial charge in [0.1, 0.15) is 6.04 Å². The predicted octanol–water partition coefficient (Wildman–Crippen LogP) is 1.66. The fraction of sp³-hybridized carbons (Fsp3) is 0.867. The first-order valence-corrected chi connectivity index (χ1v) is 8.01. The van der Waals surface area contributed by atoms with Gasteiger partial charge in [0.25, 0.3) is 0 Å². The molecule has 1 fully saturated rings. The highest BCUT2D eigenvalue weighted by Crippen LogP contribution is 2.14. The Kier molecular flexibility index (Phi) is 7.50. The van der Waals surface area contributed by atoms with E-state index in [4.69, 9.17) is 0 Å². The minimum Gasteiger partial charge on any atom is -0.480 e. The zero-order chi connectivity index (χ0) is 15.8. The highest BCUT2D eigenvalue weighted by molar-refractivity contribution is 5.83. The smallest absolute Gasteiger partial charge is 0.326 e. The SMILES string of the molecule is CCCN(C(=O)NC(C(=O)O)C(C)CC)C1CCNCC1. The molecule has 122 valence electrons. The van der Waals surface area contributed by atoms with Crippen molar-refractivity contribution < 1.29 is 14.7 Å². The molecule has 2 amide bonds. The molecule has 6 heteroatoms. The molecule has 0 aromatic carbocycles. The van der Waals surface area contributed by atoms with Crippen LogP contribution < -0.4 is 10.6 Å². The number of hydrogen-bond acceptors (Lipinski definition) is 3. The number of aliphatic carboxylic acids is 1. The highest BCUT2D eigenvalue weighted by atomic mass is 16.4. The monoisotopic (exact) mass is 299 g/mol. The predicted molar refractivity (Wildman–Crippen MR) is 82.3 cm³/mol. The van der Waals surface area contributed by atoms with Crippen molar-refractivity contribution in [3.8, 4) is 0 Å². The van der Waals surface area contributed by atoms with E-state index in [1.807, 2.05) is 25.7 Å². The zero-order valence-electron chi connectivity index (χ0n) is 13.4. The molecule has 1 aliphatic heterocycles. The molecule has 1 rings (SSSR count). The van der Waals surface area contributed by atoms with Crippen LogP contribution >= 0.6 is 0 Å². The van der Waals surface area contributed by atoms with Crippen LogP contribution in [-0.2, 0) is 4.79 Å². The van der Waals surface area contributed by atoms with Gasteiger partial charge in [-0.1, -0.05) is 27.2 Å². The van der Waals surface area contributed by atoms with Crippen molar-refractivity contribution in [1.29, 1.82) is 0 Å². The van der Waals surface area contributed by atoms with E-state index in [2.05, 4.69) is 10.6 Å². The topological polar surface area (TPSA) is 81.7 Å². The van der Waals surface area contributed by atoms with Gasteiger partial charge in [-0.05, 0) is 38.3 Å². The maximum Gasteiger partial charge on any atom is 0.326 e. The van der Waals surface area contributed by atoms with Gasteiger partial charge in [-0.2, -0.15) is 0 Å². The Morgan fingerprint density at radius 3 is 2.43 bits per heavy atom. The second-order valence-corrected chi connectivity index (χ2v) is 5.83. The van der Waals surface area contributed by atoms with E-state index in [0.717, 1.165) is 38.8 Å². The number of nitrogens with one attached hydrogen (secondary N) is 2. The average Bonchev–Trinajstić information content (AvgIpc) is 2.49. The molecule has 3 N–H and O–H groups in total. The van der Waals surface area contributed by atoms with Gasteiger partial charge < -0.3 is 20.6 Å². The van der Waals surface area contributed by atoms with Gasteiger partial charge in [-0.15, -0.1) is 0 Å². The lowest BCUT2D eigenvalue weighted by Crippen LogP contribution is -2.55. The first-order valence-electron chi connectivity index (χ1n) is 8.01. The van der Waals surface area contributed by atoms with Crippen molar-refractivity contribution >= 4 is 12.0 Å². The van der Waals surface area contributed by atoms with E-state index in [1.165, 1.54) is 0 Å². The Balaban J connectivity index is 2.72. The molecule has 0 aliphatic carbocycles. The summed E-state index contributed by atoms with van der Waals surface area (Å²) in [6.45, 7) is 8.31. The van der Waals surface area contributed by atoms with Gasteiger partial charge in [0.2, 0.25) is 0 Å². The first kappa shape index (κ1) is 17.8. The van der Waals surface area contributed by atoms with E-state index < -0.39 is 12.0 Å². The summed E-state index contributed by atoms with van der Waals surface area (Å²) in [6.07, 6.45) is 3.44. The summed E-state index contributed by atoms with van der Waals surface area (Å²) in [5, 5.41) is 15.3. The number of urea groups is 1. The summed E-state index contributed by atoms with van der Waals surface area (Å²) in [5.74, 6) is -1.04. The maximum absolute atomic E-state index is 12.5. The fourth-order valence-corrected chi connectivity index (χ4v) is 2.71. The van der Waals surface area contributed by atoms with E-state index >= 15 is 0 Å². The number of carbonyl (C=O) groups excluding carboxylic acids is 1. The summed E-state index contributed by atoms with van der Waals surface area (Å²) in [4.78, 5) is 25.7. The van der Waals surface area contributed by atoms with Crippen LogP contribution in [0.5, 0.6) is 0 Å². The third kappa shape index (κ3) is 5.19. The van der Waals surface area contributed by atoms with Crippen LogP contribution in [0.2, 0.25) is 0 Å². The number of carboxylic acid groups (broad SMARTS) is 1. The lowest BCUT2D eigenvalue weighted by molar-refractivity contribution is -0.140. The highest BCUT2D eigenvalue weighted by Gasteiger charge is 2.30. The molecule has 1 saturated heterocycles. The molecule has 0 saturated carbocycles. The van der Waals surface area contributed by atoms with E-state index in [0.29, 0.717) is 6.54 Å². The minimum absolute atomic E-state index is 0.0806. The molecule has 0 aromatic heterocycles. The molecule has 0 aromatic rings. The maximum atomic E-state index is 12.5. The molecule has 6 nitrogen and oxygen atoms in total. The molecule has 2 unspecified atom stereocenters. The summed E-state index contributed by atoms with van der Waals surface area (Å²) in [6, 6.07) is -0.849. The van der Waals surface area contributed by atoms with E-state index in [9.17, 15) is 14.7 Å². The van der Waals surface area contributed by atoms with Crippen LogP contribution in [0.3, 0.4) is 0 Å². The molecule has 0 spiro atoms. The third-order valence-electron chi connectivity index (χ3n) is 4.23. The lowest BCUT2D eigenvalue weighted by Gasteiger charge is -2.35. The van der Waals surface area contributed by atoms with Crippen LogP contribution in [0, 0.1) is 5.92 Å². The Morgan fingerprint density at radius 1 is 1.33 bits per heavy atom. The molecule has 21 heavy (non-hydrogen) atoms. The molecule has 2 atom stereocenters. The third-order valence-corrected chi connectivity index (χ3v) is 4.23. The molecular formula is C15H29N3O3. The Hall–Kier alpha value is -1.30. The van der Waals surface area contributed by atoms with Gasteiger partial charge in [0.05, 0.1) is 0 Å². The number of nitrogens with zero attached hydrogens (tertiary/aromatic N) is 1. The summed E-state index contributed by atoms with van der Waals surface area (Å²) in [5.41, 5.74) is 0. The minimum atomic E-state index is -0.959. The van der Waals surface area contributed by atoms with Crippen LogP contribution in [0.4, 0.5) is 4.79 Å². The van der Waals surface area contributed by atoms with Gasteiger partial charge >= 0.3 is 12.0 Å². The van der Waals surface area contributed by atoms with Crippen LogP contribution in [0.1, 0.15) is 46.5 Å². The quantitative estimate of drug-likeness (QED) is 0.668. The fourth-order valence-electron chi connectivity index (χ4n) is 2.71. The van der Waals surface area contributed by atoms with E-state index in [1.54, 1.807) is 0 Å². The number of hydrogen-bond donors (Lipinski definition) is 3. The molecule has 1 aliphatic rings. The van der Waals surface area contributed by atoms with Crippen molar-refractivity contribution in [2.24, 2.45) is 5.92 Å². The lowest BCUT2D eigenvalue weighted by atomic mass is 9.99. The number of rotatable bonds is 7. The first-order chi connectivity index (χ1) is 10.0. The normalized spacial score (nSPS) is 18.8. The Bertz CT molecular complexity index is 343. The largest absolute Gasteiger partial charge is 0.480 e. The molecule has 1 heterocycles. The standard InChI is InChI=1S/C15H29N3O3/c1-4-10-18(12-6-8-16-9-7-12)15(21)17-13(14(19)20)11(3)5-2/h11-13,16H,4-10H2,1-3H3,(H,17,21)(H,19,20). The second-order valence-electron chi connectivity index (χ2n) is 5.83. The van der Waals surface area contributed by atoms with E-state index in [-0.39, 0.29) is 18.0 Å². The van der Waals surface area contributed by atoms with Crippen LogP contribution in [0.25, 0.3) is 0 Å². The molecule has 0 radical (unpaired) electrons. The van der Waals surface area contributed by atoms with Gasteiger partial charge in [0, 0.05) is 12.6 Å². The van der Waals surface area contributed by atoms with Crippen molar-refractivity contribution in [2.45, 2.75) is 58.5 Å². The van der Waals surface area contributed by atoms with Crippen LogP contribution in [-0.4, -0.2) is 53.7 Å². The molecular weight excluding hydrogens is 270 g/mol. The van der Waals surface area contributed by atoms with Gasteiger partial charge in [-0.25, -0.2) is 9.59 Å². The van der Waals surface area contributed by atoms with Gasteiger partial charge in [-0.3, -0.25) is 0 Å². The average molecular weight is 299 g/mol.